The van der Waals surface area contributed by atoms with Gasteiger partial charge in [0.25, 0.3) is 0 Å². The van der Waals surface area contributed by atoms with Crippen molar-refractivity contribution < 1.29 is 22.7 Å². The van der Waals surface area contributed by atoms with Crippen LogP contribution < -0.4 is 14.8 Å². The minimum atomic E-state index is -3.97. The van der Waals surface area contributed by atoms with Gasteiger partial charge in [-0.3, -0.25) is 4.79 Å². The van der Waals surface area contributed by atoms with Gasteiger partial charge < -0.3 is 14.8 Å². The van der Waals surface area contributed by atoms with E-state index < -0.39 is 15.9 Å². The largest absolute Gasteiger partial charge is 0.497 e. The third-order valence-electron chi connectivity index (χ3n) is 5.41. The standard InChI is InChI=1S/C26H30N2O5S/c1-18-13-19(2)26(20(3)14-18)34(30,31)28(16-21-9-7-6-8-10-21)17-25(29)27-23-12-11-22(32-4)15-24(23)33-5/h6-15H,16-17H2,1-5H3,(H,27,29). The van der Waals surface area contributed by atoms with Gasteiger partial charge in [-0.25, -0.2) is 8.42 Å². The summed E-state index contributed by atoms with van der Waals surface area (Å²) in [5.41, 5.74) is 3.48. The molecule has 0 heterocycles. The zero-order valence-electron chi connectivity index (χ0n) is 20.1. The van der Waals surface area contributed by atoms with E-state index in [4.69, 9.17) is 9.47 Å². The van der Waals surface area contributed by atoms with Gasteiger partial charge in [-0.15, -0.1) is 0 Å². The van der Waals surface area contributed by atoms with Gasteiger partial charge in [0.2, 0.25) is 15.9 Å². The Morgan fingerprint density at radius 1 is 0.912 bits per heavy atom. The van der Waals surface area contributed by atoms with E-state index in [-0.39, 0.29) is 18.0 Å². The second-order valence-corrected chi connectivity index (χ2v) is 9.98. The molecule has 8 heteroatoms. The van der Waals surface area contributed by atoms with E-state index in [2.05, 4.69) is 5.32 Å². The van der Waals surface area contributed by atoms with Gasteiger partial charge in [-0.05, 0) is 49.6 Å². The van der Waals surface area contributed by atoms with Crippen LogP contribution in [0.15, 0.2) is 65.6 Å². The van der Waals surface area contributed by atoms with Gasteiger partial charge in [0.1, 0.15) is 11.5 Å². The average molecular weight is 483 g/mol. The molecule has 0 aromatic heterocycles. The lowest BCUT2D eigenvalue weighted by atomic mass is 10.1. The van der Waals surface area contributed by atoms with Crippen molar-refractivity contribution >= 4 is 21.6 Å². The number of aryl methyl sites for hydroxylation is 3. The van der Waals surface area contributed by atoms with Crippen LogP contribution in [0.1, 0.15) is 22.3 Å². The average Bonchev–Trinajstić information content (AvgIpc) is 2.78. The Kier molecular flexibility index (Phi) is 7.96. The van der Waals surface area contributed by atoms with E-state index in [9.17, 15) is 13.2 Å². The number of methoxy groups -OCH3 is 2. The van der Waals surface area contributed by atoms with E-state index in [0.29, 0.717) is 28.3 Å². The molecule has 3 rings (SSSR count). The van der Waals surface area contributed by atoms with Crippen LogP contribution in [-0.4, -0.2) is 39.4 Å². The quantitative estimate of drug-likeness (QED) is 0.487. The molecule has 34 heavy (non-hydrogen) atoms. The molecule has 0 aliphatic carbocycles. The smallest absolute Gasteiger partial charge is 0.244 e. The fourth-order valence-electron chi connectivity index (χ4n) is 3.97. The highest BCUT2D eigenvalue weighted by Gasteiger charge is 2.30. The minimum absolute atomic E-state index is 0.0586. The Hall–Kier alpha value is -3.36. The molecule has 3 aromatic rings. The molecule has 0 atom stereocenters. The molecule has 7 nitrogen and oxygen atoms in total. The number of carbonyl (C=O) groups is 1. The van der Waals surface area contributed by atoms with Crippen LogP contribution in [0.2, 0.25) is 0 Å². The van der Waals surface area contributed by atoms with Crippen LogP contribution in [0, 0.1) is 20.8 Å². The van der Waals surface area contributed by atoms with E-state index in [1.165, 1.54) is 18.5 Å². The highest BCUT2D eigenvalue weighted by molar-refractivity contribution is 7.89. The van der Waals surface area contributed by atoms with Crippen molar-refractivity contribution in [2.45, 2.75) is 32.2 Å². The van der Waals surface area contributed by atoms with E-state index in [1.54, 1.807) is 32.0 Å². The Balaban J connectivity index is 1.95. The summed E-state index contributed by atoms with van der Waals surface area (Å²) in [6.07, 6.45) is 0. The Morgan fingerprint density at radius 3 is 2.15 bits per heavy atom. The molecular formula is C26H30N2O5S. The second-order valence-electron chi connectivity index (χ2n) is 8.10. The van der Waals surface area contributed by atoms with Gasteiger partial charge in [-0.2, -0.15) is 4.31 Å². The lowest BCUT2D eigenvalue weighted by Gasteiger charge is -2.24. The lowest BCUT2D eigenvalue weighted by Crippen LogP contribution is -2.38. The van der Waals surface area contributed by atoms with Crippen molar-refractivity contribution in [2.75, 3.05) is 26.1 Å². The second kappa shape index (κ2) is 10.7. The molecule has 0 unspecified atom stereocenters. The number of nitrogens with zero attached hydrogens (tertiary/aromatic N) is 1. The van der Waals surface area contributed by atoms with Crippen molar-refractivity contribution in [3.05, 3.63) is 82.9 Å². The SMILES string of the molecule is COc1ccc(NC(=O)CN(Cc2ccccc2)S(=O)(=O)c2c(C)cc(C)cc2C)c(OC)c1. The predicted molar refractivity (Wildman–Crippen MR) is 133 cm³/mol. The summed E-state index contributed by atoms with van der Waals surface area (Å²) in [5, 5.41) is 2.77. The van der Waals surface area contributed by atoms with Crippen LogP contribution in [0.5, 0.6) is 11.5 Å². The van der Waals surface area contributed by atoms with Crippen LogP contribution >= 0.6 is 0 Å². The first kappa shape index (κ1) is 25.3. The first-order valence-corrected chi connectivity index (χ1v) is 12.2. The number of ether oxygens (including phenoxy) is 2. The number of rotatable bonds is 9. The van der Waals surface area contributed by atoms with Crippen molar-refractivity contribution in [3.63, 3.8) is 0 Å². The highest BCUT2D eigenvalue weighted by Crippen LogP contribution is 2.30. The van der Waals surface area contributed by atoms with Gasteiger partial charge >= 0.3 is 0 Å². The van der Waals surface area contributed by atoms with Gasteiger partial charge in [0, 0.05) is 12.6 Å². The van der Waals surface area contributed by atoms with Crippen LogP contribution in [-0.2, 0) is 21.4 Å². The first-order chi connectivity index (χ1) is 16.1. The molecular weight excluding hydrogens is 452 g/mol. The highest BCUT2D eigenvalue weighted by atomic mass is 32.2. The summed E-state index contributed by atoms with van der Waals surface area (Å²) in [6, 6.07) is 17.9. The summed E-state index contributed by atoms with van der Waals surface area (Å²) in [5.74, 6) is 0.509. The molecule has 0 aliphatic rings. The molecule has 0 saturated carbocycles. The number of carbonyl (C=O) groups excluding carboxylic acids is 1. The molecule has 3 aromatic carbocycles. The number of nitrogens with one attached hydrogen (secondary N) is 1. The maximum Gasteiger partial charge on any atom is 0.244 e. The summed E-state index contributed by atoms with van der Waals surface area (Å²) < 4.78 is 39.3. The molecule has 0 fully saturated rings. The Bertz CT molecular complexity index is 1250. The maximum atomic E-state index is 13.8. The number of amides is 1. The Labute approximate surface area is 201 Å². The fourth-order valence-corrected chi connectivity index (χ4v) is 5.76. The minimum Gasteiger partial charge on any atom is -0.497 e. The third-order valence-corrected chi connectivity index (χ3v) is 7.50. The van der Waals surface area contributed by atoms with Gasteiger partial charge in [-0.1, -0.05) is 48.0 Å². The van der Waals surface area contributed by atoms with E-state index >= 15 is 0 Å². The van der Waals surface area contributed by atoms with Gasteiger partial charge in [0.05, 0.1) is 31.3 Å². The van der Waals surface area contributed by atoms with Gasteiger partial charge in [0.15, 0.2) is 0 Å². The molecule has 0 spiro atoms. The van der Waals surface area contributed by atoms with Crippen molar-refractivity contribution in [3.8, 4) is 11.5 Å². The molecule has 0 aliphatic heterocycles. The van der Waals surface area contributed by atoms with Crippen LogP contribution in [0.3, 0.4) is 0 Å². The van der Waals surface area contributed by atoms with E-state index in [1.807, 2.05) is 49.4 Å². The fraction of sp³-hybridized carbons (Fsp3) is 0.269. The monoisotopic (exact) mass is 482 g/mol. The zero-order chi connectivity index (χ0) is 24.9. The van der Waals surface area contributed by atoms with Crippen molar-refractivity contribution in [1.82, 2.24) is 4.31 Å². The number of anilines is 1. The van der Waals surface area contributed by atoms with E-state index in [0.717, 1.165) is 11.1 Å². The first-order valence-electron chi connectivity index (χ1n) is 10.8. The lowest BCUT2D eigenvalue weighted by molar-refractivity contribution is -0.116. The predicted octanol–water partition coefficient (Wildman–Crippen LogP) is 4.46. The molecule has 1 N–H and O–H groups in total. The zero-order valence-corrected chi connectivity index (χ0v) is 20.9. The maximum absolute atomic E-state index is 13.8. The molecule has 0 saturated heterocycles. The Morgan fingerprint density at radius 2 is 1.56 bits per heavy atom. The number of hydrogen-bond acceptors (Lipinski definition) is 5. The molecule has 1 amide bonds. The number of sulfonamides is 1. The molecule has 0 radical (unpaired) electrons. The third kappa shape index (κ3) is 5.76. The topological polar surface area (TPSA) is 84.9 Å². The summed E-state index contributed by atoms with van der Waals surface area (Å²) in [6.45, 7) is 5.17. The summed E-state index contributed by atoms with van der Waals surface area (Å²) in [4.78, 5) is 13.3. The number of benzene rings is 3. The summed E-state index contributed by atoms with van der Waals surface area (Å²) in [7, 11) is -0.948. The van der Waals surface area contributed by atoms with Crippen LogP contribution in [0.4, 0.5) is 5.69 Å². The summed E-state index contributed by atoms with van der Waals surface area (Å²) >= 11 is 0. The number of hydrogen-bond donors (Lipinski definition) is 1. The van der Waals surface area contributed by atoms with Crippen molar-refractivity contribution in [1.29, 1.82) is 0 Å². The van der Waals surface area contributed by atoms with Crippen LogP contribution in [0.25, 0.3) is 0 Å². The molecule has 0 bridgehead atoms. The molecule has 180 valence electrons. The normalized spacial score (nSPS) is 11.4. The van der Waals surface area contributed by atoms with Crippen molar-refractivity contribution in [2.24, 2.45) is 0 Å².